The Morgan fingerprint density at radius 2 is 2.36 bits per heavy atom. The number of nitrogens with two attached hydrogens (primary N) is 1. The van der Waals surface area contributed by atoms with Gasteiger partial charge in [0.15, 0.2) is 0 Å². The maximum atomic E-state index is 5.51. The number of rotatable bonds is 2. The van der Waals surface area contributed by atoms with Crippen molar-refractivity contribution < 1.29 is 0 Å². The molecule has 0 spiro atoms. The molecule has 58 valence electrons. The van der Waals surface area contributed by atoms with Crippen LogP contribution in [0.15, 0.2) is 17.4 Å². The molecule has 0 unspecified atom stereocenters. The molecule has 5 heteroatoms. The van der Waals surface area contributed by atoms with Gasteiger partial charge in [0.1, 0.15) is 5.15 Å². The van der Waals surface area contributed by atoms with Gasteiger partial charge < -0.3 is 5.73 Å². The largest absolute Gasteiger partial charge is 0.390 e. The molecule has 0 atom stereocenters. The molecule has 0 radical (unpaired) electrons. The van der Waals surface area contributed by atoms with Crippen LogP contribution in [-0.2, 0) is 6.54 Å². The number of halogens is 1. The van der Waals surface area contributed by atoms with E-state index in [4.69, 9.17) is 17.3 Å². The van der Waals surface area contributed by atoms with E-state index in [0.717, 1.165) is 5.69 Å². The second-order valence-corrected chi connectivity index (χ2v) is 2.21. The monoisotopic (exact) mass is 170 g/mol. The topological polar surface area (TPSA) is 64.2 Å². The predicted molar refractivity (Wildman–Crippen MR) is 43.4 cm³/mol. The van der Waals surface area contributed by atoms with Crippen LogP contribution in [0.25, 0.3) is 0 Å². The van der Waals surface area contributed by atoms with Crippen molar-refractivity contribution in [2.24, 2.45) is 10.7 Å². The maximum Gasteiger partial charge on any atom is 0.147 e. The minimum Gasteiger partial charge on any atom is -0.390 e. The molecule has 0 saturated heterocycles. The summed E-state index contributed by atoms with van der Waals surface area (Å²) >= 11 is 5.51. The van der Waals surface area contributed by atoms with Gasteiger partial charge >= 0.3 is 0 Å². The molecule has 0 aliphatic heterocycles. The molecule has 1 aromatic heterocycles. The highest BCUT2D eigenvalue weighted by atomic mass is 35.5. The highest BCUT2D eigenvalue weighted by Gasteiger charge is 1.91. The Morgan fingerprint density at radius 1 is 1.55 bits per heavy atom. The molecule has 0 aliphatic carbocycles. The van der Waals surface area contributed by atoms with Crippen LogP contribution in [0.4, 0.5) is 0 Å². The van der Waals surface area contributed by atoms with Gasteiger partial charge in [-0.1, -0.05) is 11.6 Å². The zero-order valence-corrected chi connectivity index (χ0v) is 6.49. The highest BCUT2D eigenvalue weighted by molar-refractivity contribution is 6.29. The summed E-state index contributed by atoms with van der Waals surface area (Å²) in [5.41, 5.74) is 5.79. The third-order valence-corrected chi connectivity index (χ3v) is 1.23. The molecule has 11 heavy (non-hydrogen) atoms. The van der Waals surface area contributed by atoms with E-state index in [-0.39, 0.29) is 0 Å². The average Bonchev–Trinajstić information content (AvgIpc) is 2.04. The lowest BCUT2D eigenvalue weighted by molar-refractivity contribution is 0.966. The van der Waals surface area contributed by atoms with Crippen molar-refractivity contribution in [1.29, 1.82) is 0 Å². The van der Waals surface area contributed by atoms with Crippen LogP contribution in [0.5, 0.6) is 0 Å². The van der Waals surface area contributed by atoms with Crippen molar-refractivity contribution in [3.63, 3.8) is 0 Å². The summed E-state index contributed by atoms with van der Waals surface area (Å²) in [6.07, 6.45) is 4.27. The van der Waals surface area contributed by atoms with Gasteiger partial charge in [-0.15, -0.1) is 0 Å². The van der Waals surface area contributed by atoms with E-state index in [1.54, 1.807) is 6.20 Å². The van der Waals surface area contributed by atoms with Gasteiger partial charge in [0.2, 0.25) is 0 Å². The Labute approximate surface area is 69.1 Å². The fourth-order valence-corrected chi connectivity index (χ4v) is 0.664. The van der Waals surface area contributed by atoms with E-state index in [1.165, 1.54) is 12.5 Å². The molecule has 0 saturated carbocycles. The Balaban J connectivity index is 2.66. The summed E-state index contributed by atoms with van der Waals surface area (Å²) < 4.78 is 0. The lowest BCUT2D eigenvalue weighted by Gasteiger charge is -1.92. The van der Waals surface area contributed by atoms with E-state index in [1.807, 2.05) is 0 Å². The van der Waals surface area contributed by atoms with Crippen LogP contribution in [0.3, 0.4) is 0 Å². The molecule has 0 bridgehead atoms. The number of hydrogen-bond acceptors (Lipinski definition) is 3. The molecule has 0 aromatic carbocycles. The van der Waals surface area contributed by atoms with Crippen LogP contribution < -0.4 is 5.73 Å². The van der Waals surface area contributed by atoms with Crippen molar-refractivity contribution >= 4 is 17.9 Å². The van der Waals surface area contributed by atoms with Gasteiger partial charge in [0.05, 0.1) is 31.0 Å². The van der Waals surface area contributed by atoms with Crippen molar-refractivity contribution in [2.75, 3.05) is 0 Å². The molecule has 1 heterocycles. The predicted octanol–water partition coefficient (Wildman–Crippen LogP) is 0.617. The van der Waals surface area contributed by atoms with Crippen LogP contribution in [0, 0.1) is 0 Å². The number of aliphatic imine (C=N–C) groups is 1. The van der Waals surface area contributed by atoms with Gasteiger partial charge in [-0.2, -0.15) is 0 Å². The molecule has 0 fully saturated rings. The van der Waals surface area contributed by atoms with Crippen LogP contribution in [0.2, 0.25) is 5.15 Å². The van der Waals surface area contributed by atoms with Gasteiger partial charge in [0, 0.05) is 0 Å². The molecule has 0 aliphatic rings. The first kappa shape index (κ1) is 7.94. The SMILES string of the molecule is NC=NCc1cnc(Cl)cn1. The summed E-state index contributed by atoms with van der Waals surface area (Å²) in [6, 6.07) is 0. The number of hydrogen-bond donors (Lipinski definition) is 1. The van der Waals surface area contributed by atoms with Crippen molar-refractivity contribution in [3.05, 3.63) is 23.2 Å². The van der Waals surface area contributed by atoms with E-state index in [2.05, 4.69) is 15.0 Å². The summed E-state index contributed by atoms with van der Waals surface area (Å²) in [5, 5.41) is 0.380. The second kappa shape index (κ2) is 3.88. The lowest BCUT2D eigenvalue weighted by Crippen LogP contribution is -1.93. The fourth-order valence-electron chi connectivity index (χ4n) is 0.567. The van der Waals surface area contributed by atoms with Crippen LogP contribution >= 0.6 is 11.6 Å². The Bertz CT molecular complexity index is 243. The standard InChI is InChI=1S/C6H7ClN4/c7-6-3-10-5(2-11-6)1-9-4-8/h2-4H,1H2,(H2,8,9). The third kappa shape index (κ3) is 2.51. The van der Waals surface area contributed by atoms with Gasteiger partial charge in [-0.25, -0.2) is 4.98 Å². The molecule has 1 aromatic rings. The van der Waals surface area contributed by atoms with E-state index < -0.39 is 0 Å². The lowest BCUT2D eigenvalue weighted by atomic mass is 10.5. The summed E-state index contributed by atoms with van der Waals surface area (Å²) in [5.74, 6) is 0. The Morgan fingerprint density at radius 3 is 2.91 bits per heavy atom. The summed E-state index contributed by atoms with van der Waals surface area (Å²) in [6.45, 7) is 0.445. The van der Waals surface area contributed by atoms with Crippen LogP contribution in [-0.4, -0.2) is 16.3 Å². The van der Waals surface area contributed by atoms with Crippen molar-refractivity contribution in [3.8, 4) is 0 Å². The quantitative estimate of drug-likeness (QED) is 0.523. The zero-order chi connectivity index (χ0) is 8.10. The molecule has 0 amide bonds. The van der Waals surface area contributed by atoms with Crippen molar-refractivity contribution in [1.82, 2.24) is 9.97 Å². The minimum atomic E-state index is 0.380. The number of nitrogens with zero attached hydrogens (tertiary/aromatic N) is 3. The molecule has 2 N–H and O–H groups in total. The second-order valence-electron chi connectivity index (χ2n) is 1.82. The first-order valence-electron chi connectivity index (χ1n) is 2.99. The first-order chi connectivity index (χ1) is 5.33. The van der Waals surface area contributed by atoms with E-state index >= 15 is 0 Å². The molecular formula is C6H7ClN4. The highest BCUT2D eigenvalue weighted by Crippen LogP contribution is 2.01. The minimum absolute atomic E-state index is 0.380. The smallest absolute Gasteiger partial charge is 0.147 e. The summed E-state index contributed by atoms with van der Waals surface area (Å²) in [7, 11) is 0. The van der Waals surface area contributed by atoms with Gasteiger partial charge in [-0.05, 0) is 0 Å². The average molecular weight is 171 g/mol. The molecule has 1 rings (SSSR count). The normalized spacial score (nSPS) is 10.6. The molecular weight excluding hydrogens is 164 g/mol. The fraction of sp³-hybridized carbons (Fsp3) is 0.167. The summed E-state index contributed by atoms with van der Waals surface area (Å²) in [4.78, 5) is 11.6. The zero-order valence-electron chi connectivity index (χ0n) is 5.74. The van der Waals surface area contributed by atoms with Crippen LogP contribution in [0.1, 0.15) is 5.69 Å². The number of aromatic nitrogens is 2. The molecule has 4 nitrogen and oxygen atoms in total. The van der Waals surface area contributed by atoms with Gasteiger partial charge in [-0.3, -0.25) is 9.98 Å². The van der Waals surface area contributed by atoms with E-state index in [9.17, 15) is 0 Å². The van der Waals surface area contributed by atoms with E-state index in [0.29, 0.717) is 11.7 Å². The Hall–Kier alpha value is -1.16. The third-order valence-electron chi connectivity index (χ3n) is 1.03. The Kier molecular flexibility index (Phi) is 2.80. The van der Waals surface area contributed by atoms with Gasteiger partial charge in [0.25, 0.3) is 0 Å². The first-order valence-corrected chi connectivity index (χ1v) is 3.37. The van der Waals surface area contributed by atoms with Crippen molar-refractivity contribution in [2.45, 2.75) is 6.54 Å². The maximum absolute atomic E-state index is 5.51.